The van der Waals surface area contributed by atoms with Crippen molar-refractivity contribution in [1.29, 1.82) is 0 Å². The normalized spacial score (nSPS) is 10.4. The largest absolute Gasteiger partial charge is 0.491 e. The minimum absolute atomic E-state index is 0.00252. The van der Waals surface area contributed by atoms with Crippen molar-refractivity contribution in [2.45, 2.75) is 20.8 Å². The summed E-state index contributed by atoms with van der Waals surface area (Å²) in [5.74, 6) is 0.962. The molecule has 1 N–H and O–H groups in total. The van der Waals surface area contributed by atoms with Gasteiger partial charge >= 0.3 is 5.97 Å². The van der Waals surface area contributed by atoms with Crippen molar-refractivity contribution < 1.29 is 19.4 Å². The first-order valence-corrected chi connectivity index (χ1v) is 7.15. The van der Waals surface area contributed by atoms with E-state index in [-0.39, 0.29) is 19.2 Å². The molecule has 4 nitrogen and oxygen atoms in total. The first-order valence-electron chi connectivity index (χ1n) is 7.15. The molecule has 2 aromatic carbocycles. The van der Waals surface area contributed by atoms with E-state index in [1.54, 1.807) is 12.1 Å². The zero-order chi connectivity index (χ0) is 16.1. The minimum Gasteiger partial charge on any atom is -0.491 e. The summed E-state index contributed by atoms with van der Waals surface area (Å²) in [7, 11) is 0. The lowest BCUT2D eigenvalue weighted by Gasteiger charge is -2.14. The molecule has 0 saturated heterocycles. The number of hydrogen-bond acceptors (Lipinski definition) is 4. The third kappa shape index (κ3) is 3.86. The maximum absolute atomic E-state index is 10.9. The highest BCUT2D eigenvalue weighted by atomic mass is 16.5. The van der Waals surface area contributed by atoms with Crippen LogP contribution in [-0.4, -0.2) is 24.3 Å². The Morgan fingerprint density at radius 3 is 2.14 bits per heavy atom. The Morgan fingerprint density at radius 1 is 1.05 bits per heavy atom. The maximum Gasteiger partial charge on any atom is 0.308 e. The summed E-state index contributed by atoms with van der Waals surface area (Å²) in [4.78, 5) is 10.9. The quantitative estimate of drug-likeness (QED) is 0.680. The highest BCUT2D eigenvalue weighted by molar-refractivity contribution is 5.73. The lowest BCUT2D eigenvalue weighted by molar-refractivity contribution is -0.131. The van der Waals surface area contributed by atoms with Crippen molar-refractivity contribution >= 4 is 5.97 Å². The fraction of sp³-hybridized carbons (Fsp3) is 0.278. The Labute approximate surface area is 130 Å². The molecule has 0 amide bonds. The molecule has 4 heteroatoms. The number of hydrogen-bond donors (Lipinski definition) is 1. The van der Waals surface area contributed by atoms with E-state index in [0.29, 0.717) is 5.75 Å². The first kappa shape index (κ1) is 16.0. The van der Waals surface area contributed by atoms with Gasteiger partial charge in [-0.3, -0.25) is 4.79 Å². The number of esters is 1. The van der Waals surface area contributed by atoms with Crippen LogP contribution >= 0.6 is 0 Å². The van der Waals surface area contributed by atoms with E-state index >= 15 is 0 Å². The molecule has 0 fully saturated rings. The topological polar surface area (TPSA) is 55.8 Å². The van der Waals surface area contributed by atoms with Gasteiger partial charge in [0.15, 0.2) is 0 Å². The van der Waals surface area contributed by atoms with Gasteiger partial charge in [0.1, 0.15) is 18.1 Å². The molecule has 0 aliphatic rings. The van der Waals surface area contributed by atoms with Crippen molar-refractivity contribution in [1.82, 2.24) is 0 Å². The Hall–Kier alpha value is -2.33. The molecule has 0 aromatic heterocycles. The van der Waals surface area contributed by atoms with Gasteiger partial charge in [-0.05, 0) is 60.4 Å². The van der Waals surface area contributed by atoms with Gasteiger partial charge in [-0.2, -0.15) is 0 Å². The predicted octanol–water partition coefficient (Wildman–Crippen LogP) is 3.27. The number of aliphatic hydroxyl groups is 1. The van der Waals surface area contributed by atoms with Crippen LogP contribution in [0.4, 0.5) is 0 Å². The van der Waals surface area contributed by atoms with Crippen LogP contribution in [0, 0.1) is 13.8 Å². The van der Waals surface area contributed by atoms with Gasteiger partial charge in [0.25, 0.3) is 0 Å². The average Bonchev–Trinajstić information content (AvgIpc) is 2.45. The third-order valence-corrected chi connectivity index (χ3v) is 3.27. The van der Waals surface area contributed by atoms with Crippen LogP contribution in [0.25, 0.3) is 11.1 Å². The molecule has 0 saturated carbocycles. The van der Waals surface area contributed by atoms with Crippen molar-refractivity contribution in [2.24, 2.45) is 0 Å². The predicted molar refractivity (Wildman–Crippen MR) is 85.2 cm³/mol. The number of aliphatic hydroxyl groups excluding tert-OH is 1. The molecule has 0 radical (unpaired) electrons. The summed E-state index contributed by atoms with van der Waals surface area (Å²) in [5.41, 5.74) is 4.37. The molecular weight excluding hydrogens is 280 g/mol. The van der Waals surface area contributed by atoms with E-state index in [1.807, 2.05) is 38.1 Å². The smallest absolute Gasteiger partial charge is 0.308 e. The summed E-state index contributed by atoms with van der Waals surface area (Å²) < 4.78 is 10.5. The van der Waals surface area contributed by atoms with Crippen LogP contribution in [0.1, 0.15) is 18.1 Å². The monoisotopic (exact) mass is 300 g/mol. The maximum atomic E-state index is 10.9. The molecule has 2 rings (SSSR count). The van der Waals surface area contributed by atoms with Gasteiger partial charge in [-0.15, -0.1) is 0 Å². The second kappa shape index (κ2) is 7.09. The highest BCUT2D eigenvalue weighted by Gasteiger charge is 2.09. The molecule has 0 atom stereocenters. The fourth-order valence-electron chi connectivity index (χ4n) is 2.48. The summed E-state index contributed by atoms with van der Waals surface area (Å²) in [6, 6.07) is 11.3. The molecular formula is C18H20O4. The summed E-state index contributed by atoms with van der Waals surface area (Å²) in [6.07, 6.45) is 0. The molecule has 0 heterocycles. The Morgan fingerprint density at radius 2 is 1.64 bits per heavy atom. The van der Waals surface area contributed by atoms with Gasteiger partial charge < -0.3 is 14.6 Å². The standard InChI is InChI=1S/C18H20O4/c1-12-10-17(21-9-8-19)11-13(2)18(12)15-4-6-16(7-5-15)22-14(3)20/h4-7,10-11,19H,8-9H2,1-3H3. The summed E-state index contributed by atoms with van der Waals surface area (Å²) >= 11 is 0. The zero-order valence-corrected chi connectivity index (χ0v) is 13.1. The lowest BCUT2D eigenvalue weighted by atomic mass is 9.95. The molecule has 0 unspecified atom stereocenters. The molecule has 0 aliphatic carbocycles. The second-order valence-electron chi connectivity index (χ2n) is 5.12. The molecule has 116 valence electrons. The van der Waals surface area contributed by atoms with Gasteiger partial charge in [0.2, 0.25) is 0 Å². The van der Waals surface area contributed by atoms with Crippen LogP contribution in [0.3, 0.4) is 0 Å². The van der Waals surface area contributed by atoms with E-state index in [2.05, 4.69) is 0 Å². The molecule has 2 aromatic rings. The van der Waals surface area contributed by atoms with Gasteiger partial charge in [0, 0.05) is 6.92 Å². The average molecular weight is 300 g/mol. The van der Waals surface area contributed by atoms with Gasteiger partial charge in [-0.1, -0.05) is 12.1 Å². The van der Waals surface area contributed by atoms with E-state index < -0.39 is 0 Å². The van der Waals surface area contributed by atoms with Crippen molar-refractivity contribution in [3.8, 4) is 22.6 Å². The molecule has 0 spiro atoms. The van der Waals surface area contributed by atoms with Crippen LogP contribution in [0.5, 0.6) is 11.5 Å². The van der Waals surface area contributed by atoms with Crippen LogP contribution in [0.2, 0.25) is 0 Å². The Balaban J connectivity index is 2.30. The fourth-order valence-corrected chi connectivity index (χ4v) is 2.48. The van der Waals surface area contributed by atoms with Crippen molar-refractivity contribution in [3.63, 3.8) is 0 Å². The van der Waals surface area contributed by atoms with Crippen LogP contribution in [-0.2, 0) is 4.79 Å². The number of ether oxygens (including phenoxy) is 2. The first-order chi connectivity index (χ1) is 10.5. The highest BCUT2D eigenvalue weighted by Crippen LogP contribution is 2.32. The molecule has 0 aliphatic heterocycles. The number of carbonyl (C=O) groups is 1. The van der Waals surface area contributed by atoms with Crippen LogP contribution < -0.4 is 9.47 Å². The third-order valence-electron chi connectivity index (χ3n) is 3.27. The number of aryl methyl sites for hydroxylation is 2. The minimum atomic E-state index is -0.328. The van der Waals surface area contributed by atoms with E-state index in [9.17, 15) is 4.79 Å². The van der Waals surface area contributed by atoms with Crippen molar-refractivity contribution in [3.05, 3.63) is 47.5 Å². The number of carbonyl (C=O) groups excluding carboxylic acids is 1. The van der Waals surface area contributed by atoms with Crippen molar-refractivity contribution in [2.75, 3.05) is 13.2 Å². The Kier molecular flexibility index (Phi) is 5.17. The Bertz CT molecular complexity index is 636. The lowest BCUT2D eigenvalue weighted by Crippen LogP contribution is -2.02. The molecule has 0 bridgehead atoms. The SMILES string of the molecule is CC(=O)Oc1ccc(-c2c(C)cc(OCCO)cc2C)cc1. The van der Waals surface area contributed by atoms with E-state index in [0.717, 1.165) is 28.0 Å². The van der Waals surface area contributed by atoms with Gasteiger partial charge in [0.05, 0.1) is 6.61 Å². The number of rotatable bonds is 5. The second-order valence-corrected chi connectivity index (χ2v) is 5.12. The van der Waals surface area contributed by atoms with Crippen LogP contribution in [0.15, 0.2) is 36.4 Å². The molecule has 22 heavy (non-hydrogen) atoms. The van der Waals surface area contributed by atoms with Gasteiger partial charge in [-0.25, -0.2) is 0 Å². The number of benzene rings is 2. The van der Waals surface area contributed by atoms with E-state index in [4.69, 9.17) is 14.6 Å². The van der Waals surface area contributed by atoms with E-state index in [1.165, 1.54) is 6.92 Å². The zero-order valence-electron chi connectivity index (χ0n) is 13.1. The summed E-state index contributed by atoms with van der Waals surface area (Å²) in [6.45, 7) is 5.71. The summed E-state index contributed by atoms with van der Waals surface area (Å²) in [5, 5.41) is 8.83.